The third-order valence-corrected chi connectivity index (χ3v) is 4.24. The Morgan fingerprint density at radius 2 is 2.08 bits per heavy atom. The number of methoxy groups -OCH3 is 1. The van der Waals surface area contributed by atoms with Crippen LogP contribution in [0, 0.1) is 0 Å². The summed E-state index contributed by atoms with van der Waals surface area (Å²) in [5.74, 6) is 0.187. The molecule has 3 rings (SSSR count). The number of nitrogens with zero attached hydrogens (tertiary/aromatic N) is 2. The van der Waals surface area contributed by atoms with Crippen LogP contribution in [0.15, 0.2) is 52.2 Å². The molecule has 0 aliphatic carbocycles. The molecule has 1 aliphatic heterocycles. The number of hydrazone groups is 1. The van der Waals surface area contributed by atoms with Crippen LogP contribution >= 0.6 is 0 Å². The molecule has 136 valence electrons. The van der Waals surface area contributed by atoms with E-state index < -0.39 is 5.97 Å². The molecule has 0 fully saturated rings. The Bertz CT molecular complexity index is 813. The fourth-order valence-electron chi connectivity index (χ4n) is 2.99. The second-order valence-corrected chi connectivity index (χ2v) is 5.97. The van der Waals surface area contributed by atoms with Crippen LogP contribution in [-0.2, 0) is 9.59 Å². The summed E-state index contributed by atoms with van der Waals surface area (Å²) in [5, 5.41) is 14.7. The van der Waals surface area contributed by atoms with Crippen molar-refractivity contribution in [1.82, 2.24) is 5.01 Å². The van der Waals surface area contributed by atoms with Crippen molar-refractivity contribution in [3.8, 4) is 5.75 Å². The van der Waals surface area contributed by atoms with Crippen molar-refractivity contribution in [2.75, 3.05) is 7.11 Å². The minimum Gasteiger partial charge on any atom is -0.496 e. The van der Waals surface area contributed by atoms with E-state index in [1.54, 1.807) is 19.4 Å². The molecule has 1 amide bonds. The van der Waals surface area contributed by atoms with Gasteiger partial charge in [-0.05, 0) is 30.7 Å². The van der Waals surface area contributed by atoms with Gasteiger partial charge in [-0.3, -0.25) is 9.59 Å². The van der Waals surface area contributed by atoms with Crippen molar-refractivity contribution in [2.45, 2.75) is 31.7 Å². The van der Waals surface area contributed by atoms with Crippen molar-refractivity contribution < 1.29 is 23.8 Å². The van der Waals surface area contributed by atoms with Gasteiger partial charge >= 0.3 is 5.97 Å². The van der Waals surface area contributed by atoms with Crippen LogP contribution in [0.3, 0.4) is 0 Å². The maximum absolute atomic E-state index is 12.6. The maximum atomic E-state index is 12.6. The van der Waals surface area contributed by atoms with E-state index in [9.17, 15) is 9.59 Å². The lowest BCUT2D eigenvalue weighted by molar-refractivity contribution is -0.137. The van der Waals surface area contributed by atoms with Gasteiger partial charge in [0.15, 0.2) is 0 Å². The molecule has 2 heterocycles. The van der Waals surface area contributed by atoms with Crippen LogP contribution in [0.5, 0.6) is 5.75 Å². The number of rotatable bonds is 7. The van der Waals surface area contributed by atoms with Gasteiger partial charge in [-0.15, -0.1) is 0 Å². The Hall–Kier alpha value is -3.09. The predicted molar refractivity (Wildman–Crippen MR) is 93.9 cm³/mol. The summed E-state index contributed by atoms with van der Waals surface area (Å²) < 4.78 is 10.9. The molecule has 1 aliphatic rings. The summed E-state index contributed by atoms with van der Waals surface area (Å²) in [6.07, 6.45) is 2.40. The topological polar surface area (TPSA) is 92.3 Å². The molecular formula is C19H20N2O5. The van der Waals surface area contributed by atoms with Gasteiger partial charge in [-0.2, -0.15) is 5.10 Å². The first kappa shape index (κ1) is 17.7. The van der Waals surface area contributed by atoms with Crippen molar-refractivity contribution in [1.29, 1.82) is 0 Å². The van der Waals surface area contributed by atoms with Crippen LogP contribution in [0.2, 0.25) is 0 Å². The van der Waals surface area contributed by atoms with Crippen LogP contribution in [0.1, 0.15) is 43.0 Å². The van der Waals surface area contributed by atoms with Gasteiger partial charge in [-0.25, -0.2) is 5.01 Å². The van der Waals surface area contributed by atoms with Crippen LogP contribution in [-0.4, -0.2) is 34.8 Å². The molecule has 0 radical (unpaired) electrons. The van der Waals surface area contributed by atoms with Crippen molar-refractivity contribution >= 4 is 17.6 Å². The third kappa shape index (κ3) is 3.77. The standard InChI is InChI=1S/C19H20N2O5/c1-25-16-7-3-2-6-13(16)14-12-15(17-8-5-11-26-17)21(20-14)18(22)9-4-10-19(23)24/h2-3,5-8,11,15H,4,9-10,12H2,1H3,(H,23,24)/t15-/m1/s1. The highest BCUT2D eigenvalue weighted by atomic mass is 16.5. The second kappa shape index (κ2) is 7.86. The first-order valence-electron chi connectivity index (χ1n) is 8.38. The van der Waals surface area contributed by atoms with Gasteiger partial charge < -0.3 is 14.3 Å². The highest BCUT2D eigenvalue weighted by Crippen LogP contribution is 2.35. The average molecular weight is 356 g/mol. The lowest BCUT2D eigenvalue weighted by Gasteiger charge is -2.19. The van der Waals surface area contributed by atoms with Gasteiger partial charge in [0.05, 0.1) is 19.1 Å². The van der Waals surface area contributed by atoms with Crippen LogP contribution in [0.4, 0.5) is 0 Å². The van der Waals surface area contributed by atoms with Gasteiger partial charge in [0, 0.05) is 24.8 Å². The average Bonchev–Trinajstić information content (AvgIpc) is 3.30. The molecule has 7 heteroatoms. The normalized spacial score (nSPS) is 16.4. The first-order valence-corrected chi connectivity index (χ1v) is 8.38. The fraction of sp³-hybridized carbons (Fsp3) is 0.316. The summed E-state index contributed by atoms with van der Waals surface area (Å²) >= 11 is 0. The third-order valence-electron chi connectivity index (χ3n) is 4.24. The minimum absolute atomic E-state index is 0.0475. The predicted octanol–water partition coefficient (Wildman–Crippen LogP) is 3.22. The Morgan fingerprint density at radius 3 is 2.77 bits per heavy atom. The number of carbonyl (C=O) groups is 2. The molecule has 26 heavy (non-hydrogen) atoms. The number of hydrogen-bond donors (Lipinski definition) is 1. The Labute approximate surface area is 150 Å². The van der Waals surface area contributed by atoms with E-state index in [1.165, 1.54) is 5.01 Å². The summed E-state index contributed by atoms with van der Waals surface area (Å²) in [6, 6.07) is 10.7. The van der Waals surface area contributed by atoms with Crippen molar-refractivity contribution in [2.24, 2.45) is 5.10 Å². The molecule has 1 aromatic carbocycles. The molecule has 1 atom stereocenters. The molecule has 7 nitrogen and oxygen atoms in total. The zero-order valence-corrected chi connectivity index (χ0v) is 14.4. The summed E-state index contributed by atoms with van der Waals surface area (Å²) in [4.78, 5) is 23.3. The first-order chi connectivity index (χ1) is 12.6. The minimum atomic E-state index is -0.917. The highest BCUT2D eigenvalue weighted by Gasteiger charge is 2.35. The lowest BCUT2D eigenvalue weighted by atomic mass is 10.0. The summed E-state index contributed by atoms with van der Waals surface area (Å²) in [6.45, 7) is 0. The molecule has 0 saturated carbocycles. The molecule has 2 aromatic rings. The number of benzene rings is 1. The zero-order valence-electron chi connectivity index (χ0n) is 14.4. The van der Waals surface area contributed by atoms with Crippen LogP contribution < -0.4 is 4.74 Å². The van der Waals surface area contributed by atoms with Crippen molar-refractivity contribution in [3.05, 3.63) is 54.0 Å². The Morgan fingerprint density at radius 1 is 1.27 bits per heavy atom. The molecule has 0 saturated heterocycles. The molecular weight excluding hydrogens is 336 g/mol. The van der Waals surface area contributed by atoms with E-state index in [1.807, 2.05) is 30.3 Å². The van der Waals surface area contributed by atoms with E-state index in [4.69, 9.17) is 14.3 Å². The monoisotopic (exact) mass is 356 g/mol. The number of hydrogen-bond acceptors (Lipinski definition) is 5. The molecule has 0 spiro atoms. The van der Waals surface area contributed by atoms with Gasteiger partial charge in [0.1, 0.15) is 17.6 Å². The molecule has 1 aromatic heterocycles. The largest absolute Gasteiger partial charge is 0.496 e. The van der Waals surface area contributed by atoms with E-state index in [0.717, 1.165) is 11.3 Å². The van der Waals surface area contributed by atoms with E-state index in [2.05, 4.69) is 5.10 Å². The number of ether oxygens (including phenoxy) is 1. The van der Waals surface area contributed by atoms with Gasteiger partial charge in [0.2, 0.25) is 5.91 Å². The summed E-state index contributed by atoms with van der Waals surface area (Å²) in [5.41, 5.74) is 1.56. The number of carboxylic acid groups (broad SMARTS) is 1. The SMILES string of the molecule is COc1ccccc1C1=NN(C(=O)CCCC(=O)O)[C@@H](c2ccco2)C1. The fourth-order valence-corrected chi connectivity index (χ4v) is 2.99. The number of aliphatic carboxylic acids is 1. The molecule has 0 unspecified atom stereocenters. The molecule has 1 N–H and O–H groups in total. The van der Waals surface area contributed by atoms with E-state index in [-0.39, 0.29) is 31.2 Å². The Kier molecular flexibility index (Phi) is 5.36. The Balaban J connectivity index is 1.85. The number of para-hydroxylation sites is 1. The quantitative estimate of drug-likeness (QED) is 0.822. The second-order valence-electron chi connectivity index (χ2n) is 5.97. The smallest absolute Gasteiger partial charge is 0.303 e. The number of amides is 1. The zero-order chi connectivity index (χ0) is 18.5. The van der Waals surface area contributed by atoms with Gasteiger partial charge in [0.25, 0.3) is 0 Å². The van der Waals surface area contributed by atoms with Gasteiger partial charge in [-0.1, -0.05) is 12.1 Å². The molecule has 0 bridgehead atoms. The van der Waals surface area contributed by atoms with E-state index in [0.29, 0.717) is 17.9 Å². The number of furan rings is 1. The van der Waals surface area contributed by atoms with E-state index >= 15 is 0 Å². The number of carbonyl (C=O) groups excluding carboxylic acids is 1. The maximum Gasteiger partial charge on any atom is 0.303 e. The number of carboxylic acids is 1. The highest BCUT2D eigenvalue weighted by molar-refractivity contribution is 6.05. The van der Waals surface area contributed by atoms with Crippen LogP contribution in [0.25, 0.3) is 0 Å². The van der Waals surface area contributed by atoms with Crippen molar-refractivity contribution in [3.63, 3.8) is 0 Å². The lowest BCUT2D eigenvalue weighted by Crippen LogP contribution is -2.26. The summed E-state index contributed by atoms with van der Waals surface area (Å²) in [7, 11) is 1.59.